The van der Waals surface area contributed by atoms with Crippen molar-refractivity contribution in [1.82, 2.24) is 4.98 Å². The van der Waals surface area contributed by atoms with Gasteiger partial charge in [0.25, 0.3) is 5.91 Å². The van der Waals surface area contributed by atoms with Gasteiger partial charge in [0.2, 0.25) is 0 Å². The molecule has 0 bridgehead atoms. The van der Waals surface area contributed by atoms with Crippen LogP contribution in [0.3, 0.4) is 0 Å². The lowest BCUT2D eigenvalue weighted by atomic mass is 10.2. The first-order valence-electron chi connectivity index (χ1n) is 8.38. The van der Waals surface area contributed by atoms with Gasteiger partial charge < -0.3 is 10.2 Å². The maximum atomic E-state index is 13.7. The third-order valence-electron chi connectivity index (χ3n) is 4.41. The van der Waals surface area contributed by atoms with Crippen LogP contribution in [0.2, 0.25) is 0 Å². The maximum Gasteiger partial charge on any atom is 0.258 e. The molecule has 1 aromatic heterocycles. The summed E-state index contributed by atoms with van der Waals surface area (Å²) in [7, 11) is -2.98. The van der Waals surface area contributed by atoms with E-state index < -0.39 is 21.6 Å². The summed E-state index contributed by atoms with van der Waals surface area (Å²) in [5.41, 5.74) is 0.403. The molecule has 1 aliphatic rings. The van der Waals surface area contributed by atoms with E-state index in [1.165, 1.54) is 24.4 Å². The first-order chi connectivity index (χ1) is 12.4. The van der Waals surface area contributed by atoms with Crippen molar-refractivity contribution in [2.24, 2.45) is 0 Å². The molecule has 1 N–H and O–H groups in total. The first kappa shape index (κ1) is 18.3. The molecular formula is C18H20FN3O3S. The summed E-state index contributed by atoms with van der Waals surface area (Å²) in [6.45, 7) is 2.58. The number of hydrogen-bond donors (Lipinski definition) is 1. The molecule has 3 rings (SSSR count). The maximum absolute atomic E-state index is 13.7. The van der Waals surface area contributed by atoms with Crippen molar-refractivity contribution in [1.29, 1.82) is 0 Å². The van der Waals surface area contributed by atoms with E-state index in [4.69, 9.17) is 0 Å². The van der Waals surface area contributed by atoms with Crippen molar-refractivity contribution >= 4 is 27.2 Å². The second kappa shape index (κ2) is 7.41. The van der Waals surface area contributed by atoms with Gasteiger partial charge in [0.1, 0.15) is 11.6 Å². The van der Waals surface area contributed by atoms with E-state index in [2.05, 4.69) is 10.3 Å². The molecule has 2 aromatic rings. The van der Waals surface area contributed by atoms with Gasteiger partial charge >= 0.3 is 0 Å². The lowest BCUT2D eigenvalue weighted by Gasteiger charge is -2.28. The smallest absolute Gasteiger partial charge is 0.258 e. The van der Waals surface area contributed by atoms with Gasteiger partial charge in [0.05, 0.1) is 29.0 Å². The fourth-order valence-electron chi connectivity index (χ4n) is 3.10. The SMILES string of the molecule is CCN(c1ccc(NC(=O)c2ccccc2F)cn1)C1CCS(=O)(=O)C1. The molecule has 8 heteroatoms. The van der Waals surface area contributed by atoms with Crippen LogP contribution in [0.15, 0.2) is 42.6 Å². The molecule has 6 nitrogen and oxygen atoms in total. The molecule has 1 aliphatic heterocycles. The fraction of sp³-hybridized carbons (Fsp3) is 0.333. The lowest BCUT2D eigenvalue weighted by Crippen LogP contribution is -2.36. The van der Waals surface area contributed by atoms with E-state index in [1.807, 2.05) is 11.8 Å². The number of nitrogens with zero attached hydrogens (tertiary/aromatic N) is 2. The van der Waals surface area contributed by atoms with Gasteiger partial charge in [0.15, 0.2) is 9.84 Å². The molecule has 0 aliphatic carbocycles. The van der Waals surface area contributed by atoms with Crippen LogP contribution in [0.5, 0.6) is 0 Å². The van der Waals surface area contributed by atoms with Crippen LogP contribution in [-0.4, -0.2) is 43.4 Å². The average molecular weight is 377 g/mol. The minimum absolute atomic E-state index is 0.0390. The average Bonchev–Trinajstić information content (AvgIpc) is 2.97. The largest absolute Gasteiger partial charge is 0.353 e. The number of anilines is 2. The molecule has 2 heterocycles. The van der Waals surface area contributed by atoms with E-state index in [1.54, 1.807) is 18.2 Å². The topological polar surface area (TPSA) is 79.4 Å². The molecule has 1 atom stereocenters. The molecule has 1 unspecified atom stereocenters. The molecule has 26 heavy (non-hydrogen) atoms. The fourth-order valence-corrected chi connectivity index (χ4v) is 4.83. The minimum Gasteiger partial charge on any atom is -0.353 e. The summed E-state index contributed by atoms with van der Waals surface area (Å²) >= 11 is 0. The third-order valence-corrected chi connectivity index (χ3v) is 6.16. The van der Waals surface area contributed by atoms with Gasteiger partial charge in [-0.1, -0.05) is 12.1 Å². The Balaban J connectivity index is 1.72. The monoisotopic (exact) mass is 377 g/mol. The second-order valence-corrected chi connectivity index (χ2v) is 8.41. The van der Waals surface area contributed by atoms with Gasteiger partial charge in [-0.05, 0) is 37.6 Å². The minimum atomic E-state index is -2.98. The summed E-state index contributed by atoms with van der Waals surface area (Å²) in [6.07, 6.45) is 2.07. The van der Waals surface area contributed by atoms with E-state index in [9.17, 15) is 17.6 Å². The number of sulfone groups is 1. The molecule has 0 saturated carbocycles. The summed E-state index contributed by atoms with van der Waals surface area (Å²) < 4.78 is 37.1. The molecule has 0 spiro atoms. The van der Waals surface area contributed by atoms with Crippen LogP contribution in [0, 0.1) is 5.82 Å². The van der Waals surface area contributed by atoms with E-state index in [-0.39, 0.29) is 23.1 Å². The van der Waals surface area contributed by atoms with Gasteiger partial charge in [-0.2, -0.15) is 0 Å². The normalized spacial score (nSPS) is 18.5. The van der Waals surface area contributed by atoms with Crippen LogP contribution in [0.25, 0.3) is 0 Å². The standard InChI is InChI=1S/C18H20FN3O3S/c1-2-22(14-9-10-26(24,25)12-14)17-8-7-13(11-20-17)21-18(23)15-5-3-4-6-16(15)19/h3-8,11,14H,2,9-10,12H2,1H3,(H,21,23). The summed E-state index contributed by atoms with van der Waals surface area (Å²) in [6, 6.07) is 9.06. The van der Waals surface area contributed by atoms with Crippen molar-refractivity contribution in [2.75, 3.05) is 28.3 Å². The number of carbonyl (C=O) groups excluding carboxylic acids is 1. The molecule has 138 valence electrons. The Morgan fingerprint density at radius 2 is 2.08 bits per heavy atom. The van der Waals surface area contributed by atoms with Crippen LogP contribution >= 0.6 is 0 Å². The highest BCUT2D eigenvalue weighted by Crippen LogP contribution is 2.23. The number of amides is 1. The highest BCUT2D eigenvalue weighted by atomic mass is 32.2. The number of hydrogen-bond acceptors (Lipinski definition) is 5. The van der Waals surface area contributed by atoms with Crippen LogP contribution in [0.4, 0.5) is 15.9 Å². The zero-order chi connectivity index (χ0) is 18.7. The van der Waals surface area contributed by atoms with Gasteiger partial charge in [-0.25, -0.2) is 17.8 Å². The van der Waals surface area contributed by atoms with Crippen molar-refractivity contribution in [2.45, 2.75) is 19.4 Å². The Morgan fingerprint density at radius 3 is 2.65 bits per heavy atom. The van der Waals surface area contributed by atoms with E-state index >= 15 is 0 Å². The van der Waals surface area contributed by atoms with E-state index in [0.717, 1.165) is 0 Å². The van der Waals surface area contributed by atoms with E-state index in [0.29, 0.717) is 24.5 Å². The number of halogens is 1. The molecule has 1 fully saturated rings. The van der Waals surface area contributed by atoms with Crippen LogP contribution in [0.1, 0.15) is 23.7 Å². The first-order valence-corrected chi connectivity index (χ1v) is 10.2. The quantitative estimate of drug-likeness (QED) is 0.866. The number of carbonyl (C=O) groups is 1. The van der Waals surface area contributed by atoms with Crippen molar-refractivity contribution in [3.8, 4) is 0 Å². The van der Waals surface area contributed by atoms with Crippen molar-refractivity contribution < 1.29 is 17.6 Å². The zero-order valence-corrected chi connectivity index (χ0v) is 15.2. The summed E-state index contributed by atoms with van der Waals surface area (Å²) in [5, 5.41) is 2.61. The predicted octanol–water partition coefficient (Wildman–Crippen LogP) is 2.49. The predicted molar refractivity (Wildman–Crippen MR) is 98.7 cm³/mol. The summed E-state index contributed by atoms with van der Waals surface area (Å²) in [4.78, 5) is 18.4. The van der Waals surface area contributed by atoms with Crippen molar-refractivity contribution in [3.05, 3.63) is 54.0 Å². The number of aromatic nitrogens is 1. The number of benzene rings is 1. The Hall–Kier alpha value is -2.48. The summed E-state index contributed by atoms with van der Waals surface area (Å²) in [5.74, 6) is -0.154. The Kier molecular flexibility index (Phi) is 5.22. The van der Waals surface area contributed by atoms with Gasteiger partial charge in [-0.3, -0.25) is 4.79 Å². The zero-order valence-electron chi connectivity index (χ0n) is 14.4. The van der Waals surface area contributed by atoms with Crippen LogP contribution in [-0.2, 0) is 9.84 Å². The second-order valence-electron chi connectivity index (χ2n) is 6.18. The Morgan fingerprint density at radius 1 is 1.31 bits per heavy atom. The number of nitrogens with one attached hydrogen (secondary N) is 1. The lowest BCUT2D eigenvalue weighted by molar-refractivity contribution is 0.102. The highest BCUT2D eigenvalue weighted by molar-refractivity contribution is 7.91. The molecule has 0 radical (unpaired) electrons. The number of pyridine rings is 1. The van der Waals surface area contributed by atoms with Crippen LogP contribution < -0.4 is 10.2 Å². The molecular weight excluding hydrogens is 357 g/mol. The molecule has 1 amide bonds. The molecule has 1 saturated heterocycles. The number of rotatable bonds is 5. The van der Waals surface area contributed by atoms with Gasteiger partial charge in [0, 0.05) is 12.6 Å². The molecule has 1 aromatic carbocycles. The Bertz CT molecular complexity index is 900. The Labute approximate surface area is 152 Å². The highest BCUT2D eigenvalue weighted by Gasteiger charge is 2.32. The van der Waals surface area contributed by atoms with Crippen molar-refractivity contribution in [3.63, 3.8) is 0 Å². The van der Waals surface area contributed by atoms with Gasteiger partial charge in [-0.15, -0.1) is 0 Å². The third kappa shape index (κ3) is 4.01.